The number of halogens is 1. The summed E-state index contributed by atoms with van der Waals surface area (Å²) in [6, 6.07) is 10.2. The van der Waals surface area contributed by atoms with Gasteiger partial charge in [0.1, 0.15) is 26.9 Å². The number of nitrogens with zero attached hydrogens (tertiary/aromatic N) is 6. The molecule has 12 heteroatoms. The number of hydrogen-bond acceptors (Lipinski definition) is 8. The van der Waals surface area contributed by atoms with E-state index in [0.717, 1.165) is 34.1 Å². The molecule has 202 valence electrons. The van der Waals surface area contributed by atoms with Gasteiger partial charge < -0.3 is 9.88 Å². The first kappa shape index (κ1) is 25.6. The Bertz CT molecular complexity index is 2000. The summed E-state index contributed by atoms with van der Waals surface area (Å²) in [5.74, 6) is -0.0261. The van der Waals surface area contributed by atoms with E-state index in [1.54, 1.807) is 36.9 Å². The van der Waals surface area contributed by atoms with Crippen LogP contribution in [0.25, 0.3) is 56.0 Å². The lowest BCUT2D eigenvalue weighted by molar-refractivity contribution is 0.600. The second kappa shape index (κ2) is 9.79. The average Bonchev–Trinajstić information content (AvgIpc) is 3.55. The van der Waals surface area contributed by atoms with Gasteiger partial charge in [-0.1, -0.05) is 0 Å². The number of aromatic nitrogens is 7. The fourth-order valence-corrected chi connectivity index (χ4v) is 5.17. The molecule has 1 aromatic carbocycles. The summed E-state index contributed by atoms with van der Waals surface area (Å²) in [5.41, 5.74) is 6.73. The van der Waals surface area contributed by atoms with E-state index in [9.17, 15) is 12.8 Å². The summed E-state index contributed by atoms with van der Waals surface area (Å²) >= 11 is 0. The predicted molar refractivity (Wildman–Crippen MR) is 153 cm³/mol. The van der Waals surface area contributed by atoms with Crippen molar-refractivity contribution in [2.24, 2.45) is 0 Å². The van der Waals surface area contributed by atoms with Gasteiger partial charge in [-0.15, -0.1) is 0 Å². The van der Waals surface area contributed by atoms with Crippen molar-refractivity contribution in [2.75, 3.05) is 31.0 Å². The highest BCUT2D eigenvalue weighted by atomic mass is 32.2. The van der Waals surface area contributed by atoms with Gasteiger partial charge in [-0.3, -0.25) is 20.1 Å². The molecule has 10 nitrogen and oxygen atoms in total. The van der Waals surface area contributed by atoms with Gasteiger partial charge in [-0.2, -0.15) is 5.10 Å². The van der Waals surface area contributed by atoms with E-state index >= 15 is 0 Å². The SMILES string of the molecule is CN(C)c1cncc(-c2cc3c(-c4nc5c(-c6cc(F)cc(CCS(C)(=O)=O)c6)nccc5[nH]4)n[nH]c3cn2)c1. The summed E-state index contributed by atoms with van der Waals surface area (Å²) < 4.78 is 37.8. The lowest BCUT2D eigenvalue weighted by Crippen LogP contribution is -2.08. The summed E-state index contributed by atoms with van der Waals surface area (Å²) in [4.78, 5) is 23.5. The zero-order chi connectivity index (χ0) is 28.0. The second-order valence-corrected chi connectivity index (χ2v) is 12.1. The molecular formula is C28H25FN8O2S. The molecule has 5 heterocycles. The standard InChI is InChI=1S/C28H25FN8O2S/c1-37(2)20-11-18(13-30-14-20)23-12-21-24(15-32-23)35-36-26(21)28-33-22-4-6-31-25(27(22)34-28)17-8-16(9-19(29)10-17)5-7-40(3,38)39/h4,6,8-15H,5,7H2,1-3H3,(H,33,34)(H,35,36). The fraction of sp³-hybridized carbons (Fsp3) is 0.179. The molecular weight excluding hydrogens is 531 g/mol. The highest BCUT2D eigenvalue weighted by Crippen LogP contribution is 2.32. The first-order chi connectivity index (χ1) is 19.1. The molecule has 0 amide bonds. The largest absolute Gasteiger partial charge is 0.376 e. The predicted octanol–water partition coefficient (Wildman–Crippen LogP) is 4.42. The van der Waals surface area contributed by atoms with Gasteiger partial charge in [-0.25, -0.2) is 17.8 Å². The highest BCUT2D eigenvalue weighted by molar-refractivity contribution is 7.90. The van der Waals surface area contributed by atoms with E-state index < -0.39 is 15.7 Å². The first-order valence-corrected chi connectivity index (χ1v) is 14.5. The maximum Gasteiger partial charge on any atom is 0.159 e. The van der Waals surface area contributed by atoms with Gasteiger partial charge in [0.05, 0.1) is 46.3 Å². The highest BCUT2D eigenvalue weighted by Gasteiger charge is 2.18. The number of nitrogens with one attached hydrogen (secondary N) is 2. The van der Waals surface area contributed by atoms with Crippen LogP contribution in [0.2, 0.25) is 0 Å². The molecule has 0 saturated heterocycles. The van der Waals surface area contributed by atoms with Crippen LogP contribution in [-0.2, 0) is 16.3 Å². The monoisotopic (exact) mass is 556 g/mol. The normalized spacial score (nSPS) is 11.9. The zero-order valence-corrected chi connectivity index (χ0v) is 22.8. The van der Waals surface area contributed by atoms with E-state index in [1.807, 2.05) is 31.1 Å². The topological polar surface area (TPSA) is 133 Å². The molecule has 2 N–H and O–H groups in total. The van der Waals surface area contributed by atoms with Crippen LogP contribution in [-0.4, -0.2) is 69.6 Å². The maximum absolute atomic E-state index is 14.6. The van der Waals surface area contributed by atoms with Crippen molar-refractivity contribution in [3.8, 4) is 34.0 Å². The average molecular weight is 557 g/mol. The van der Waals surface area contributed by atoms with Crippen molar-refractivity contribution < 1.29 is 12.8 Å². The quantitative estimate of drug-likeness (QED) is 0.295. The van der Waals surface area contributed by atoms with Crippen LogP contribution in [0.15, 0.2) is 61.2 Å². The van der Waals surface area contributed by atoms with Gasteiger partial charge in [-0.05, 0) is 48.4 Å². The Morgan fingerprint density at radius 1 is 0.950 bits per heavy atom. The summed E-state index contributed by atoms with van der Waals surface area (Å²) in [7, 11) is 0.720. The Morgan fingerprint density at radius 3 is 2.60 bits per heavy atom. The molecule has 0 atom stereocenters. The number of imidazole rings is 1. The van der Waals surface area contributed by atoms with Crippen LogP contribution in [0, 0.1) is 5.82 Å². The molecule has 6 rings (SSSR count). The van der Waals surface area contributed by atoms with E-state index in [0.29, 0.717) is 39.4 Å². The van der Waals surface area contributed by atoms with Crippen LogP contribution in [0.4, 0.5) is 10.1 Å². The second-order valence-electron chi connectivity index (χ2n) is 9.88. The molecule has 0 unspecified atom stereocenters. The third-order valence-corrected chi connectivity index (χ3v) is 7.55. The van der Waals surface area contributed by atoms with E-state index in [4.69, 9.17) is 4.98 Å². The Morgan fingerprint density at radius 2 is 1.80 bits per heavy atom. The number of sulfone groups is 1. The number of H-pyrrole nitrogens is 2. The Labute approximate surface area is 229 Å². The number of benzene rings is 1. The minimum atomic E-state index is -3.19. The lowest BCUT2D eigenvalue weighted by atomic mass is 10.0. The van der Waals surface area contributed by atoms with E-state index in [2.05, 4.69) is 30.1 Å². The van der Waals surface area contributed by atoms with Crippen molar-refractivity contribution in [3.05, 3.63) is 72.6 Å². The molecule has 0 bridgehead atoms. The van der Waals surface area contributed by atoms with Gasteiger partial charge in [0.2, 0.25) is 0 Å². The molecule has 0 saturated carbocycles. The molecule has 0 aliphatic rings. The van der Waals surface area contributed by atoms with E-state index in [-0.39, 0.29) is 12.2 Å². The minimum absolute atomic E-state index is 0.0708. The molecule has 0 aliphatic heterocycles. The van der Waals surface area contributed by atoms with Gasteiger partial charge in [0.15, 0.2) is 5.82 Å². The van der Waals surface area contributed by atoms with Crippen LogP contribution >= 0.6 is 0 Å². The van der Waals surface area contributed by atoms with Gasteiger partial charge in [0.25, 0.3) is 0 Å². The molecule has 6 aromatic rings. The summed E-state index contributed by atoms with van der Waals surface area (Å²) in [6.45, 7) is 0. The maximum atomic E-state index is 14.6. The van der Waals surface area contributed by atoms with Crippen LogP contribution in [0.1, 0.15) is 5.56 Å². The van der Waals surface area contributed by atoms with Crippen molar-refractivity contribution >= 4 is 37.5 Å². The third kappa shape index (κ3) is 5.00. The molecule has 0 radical (unpaired) electrons. The molecule has 5 aromatic heterocycles. The summed E-state index contributed by atoms with van der Waals surface area (Å²) in [5, 5.41) is 8.34. The number of aryl methyl sites for hydroxylation is 1. The molecule has 0 spiro atoms. The number of aromatic amines is 2. The molecule has 0 aliphatic carbocycles. The Balaban J connectivity index is 1.42. The number of anilines is 1. The zero-order valence-electron chi connectivity index (χ0n) is 22.0. The van der Waals surface area contributed by atoms with Crippen LogP contribution in [0.3, 0.4) is 0 Å². The number of rotatable bonds is 7. The Hall–Kier alpha value is -4.71. The number of hydrogen-bond donors (Lipinski definition) is 2. The van der Waals surface area contributed by atoms with Gasteiger partial charge >= 0.3 is 0 Å². The van der Waals surface area contributed by atoms with Crippen molar-refractivity contribution in [2.45, 2.75) is 6.42 Å². The lowest BCUT2D eigenvalue weighted by Gasteiger charge is -2.12. The first-order valence-electron chi connectivity index (χ1n) is 12.4. The van der Waals surface area contributed by atoms with Crippen molar-refractivity contribution in [1.82, 2.24) is 35.1 Å². The molecule has 40 heavy (non-hydrogen) atoms. The van der Waals surface area contributed by atoms with Crippen LogP contribution < -0.4 is 4.90 Å². The Kier molecular flexibility index (Phi) is 6.26. The molecule has 0 fully saturated rings. The minimum Gasteiger partial charge on any atom is -0.376 e. The smallest absolute Gasteiger partial charge is 0.159 e. The fourth-order valence-electron chi connectivity index (χ4n) is 4.56. The summed E-state index contributed by atoms with van der Waals surface area (Å²) in [6.07, 6.45) is 8.27. The van der Waals surface area contributed by atoms with Crippen molar-refractivity contribution in [3.63, 3.8) is 0 Å². The van der Waals surface area contributed by atoms with Gasteiger partial charge in [0, 0.05) is 49.3 Å². The van der Waals surface area contributed by atoms with Crippen molar-refractivity contribution in [1.29, 1.82) is 0 Å². The third-order valence-electron chi connectivity index (χ3n) is 6.60. The number of fused-ring (bicyclic) bond motifs is 2. The van der Waals surface area contributed by atoms with Crippen LogP contribution in [0.5, 0.6) is 0 Å². The number of pyridine rings is 3. The van der Waals surface area contributed by atoms with E-state index in [1.165, 1.54) is 12.1 Å².